The summed E-state index contributed by atoms with van der Waals surface area (Å²) in [6.07, 6.45) is 12.6. The Labute approximate surface area is 167 Å². The van der Waals surface area contributed by atoms with Gasteiger partial charge in [-0.1, -0.05) is 20.8 Å². The molecule has 0 spiro atoms. The van der Waals surface area contributed by atoms with Gasteiger partial charge in [0.15, 0.2) is 0 Å². The summed E-state index contributed by atoms with van der Waals surface area (Å²) in [5.41, 5.74) is 0.434. The summed E-state index contributed by atoms with van der Waals surface area (Å²) in [6.45, 7) is 11.6. The van der Waals surface area contributed by atoms with Crippen molar-refractivity contribution in [2.24, 2.45) is 46.3 Å². The van der Waals surface area contributed by atoms with Crippen LogP contribution in [-0.2, 0) is 0 Å². The second kappa shape index (κ2) is 6.73. The quantitative estimate of drug-likeness (QED) is 0.653. The smallest absolute Gasteiger partial charge is 0.0594 e. The Kier molecular flexibility index (Phi) is 5.03. The van der Waals surface area contributed by atoms with Gasteiger partial charge in [0, 0.05) is 0 Å². The Morgan fingerprint density at radius 2 is 1.59 bits per heavy atom. The third-order valence-corrected chi connectivity index (χ3v) is 10.2. The fourth-order valence-corrected chi connectivity index (χ4v) is 9.14. The van der Waals surface area contributed by atoms with E-state index in [0.29, 0.717) is 16.7 Å². The van der Waals surface area contributed by atoms with Gasteiger partial charge in [-0.2, -0.15) is 0 Å². The lowest BCUT2D eigenvalue weighted by Gasteiger charge is -2.61. The van der Waals surface area contributed by atoms with E-state index in [1.54, 1.807) is 0 Å². The average molecular weight is 377 g/mol. The zero-order valence-electron chi connectivity index (χ0n) is 18.5. The van der Waals surface area contributed by atoms with E-state index >= 15 is 0 Å². The first-order chi connectivity index (χ1) is 12.5. The molecule has 0 aromatic heterocycles. The molecule has 4 saturated carbocycles. The molecule has 2 N–H and O–H groups in total. The summed E-state index contributed by atoms with van der Waals surface area (Å²) in [6, 6.07) is 0. The van der Waals surface area contributed by atoms with Crippen LogP contribution in [0.2, 0.25) is 0 Å². The highest BCUT2D eigenvalue weighted by Crippen LogP contribution is 2.68. The molecule has 0 bridgehead atoms. The molecule has 4 rings (SSSR count). The number of hydrogen-bond donors (Lipinski definition) is 2. The molecule has 0 saturated heterocycles. The Morgan fingerprint density at radius 3 is 2.30 bits per heavy atom. The van der Waals surface area contributed by atoms with Gasteiger partial charge >= 0.3 is 0 Å². The van der Waals surface area contributed by atoms with Crippen LogP contribution in [0.4, 0.5) is 0 Å². The Hall–Kier alpha value is -0.0800. The van der Waals surface area contributed by atoms with E-state index in [1.807, 2.05) is 13.8 Å². The first kappa shape index (κ1) is 20.2. The van der Waals surface area contributed by atoms with Crippen molar-refractivity contribution in [1.82, 2.24) is 0 Å². The van der Waals surface area contributed by atoms with Crippen LogP contribution < -0.4 is 0 Å². The largest absolute Gasteiger partial charge is 0.393 e. The Bertz CT molecular complexity index is 551. The third kappa shape index (κ3) is 3.31. The van der Waals surface area contributed by atoms with Crippen molar-refractivity contribution in [2.45, 2.75) is 111 Å². The number of aliphatic hydroxyl groups is 2. The van der Waals surface area contributed by atoms with E-state index in [9.17, 15) is 10.2 Å². The minimum absolute atomic E-state index is 0.0352. The lowest BCUT2D eigenvalue weighted by atomic mass is 9.44. The molecule has 0 amide bonds. The number of aliphatic hydroxyl groups excluding tert-OH is 1. The van der Waals surface area contributed by atoms with Crippen LogP contribution in [0, 0.1) is 46.3 Å². The maximum atomic E-state index is 10.4. The van der Waals surface area contributed by atoms with Crippen molar-refractivity contribution in [3.8, 4) is 0 Å². The number of hydrogen-bond acceptors (Lipinski definition) is 2. The fraction of sp³-hybridized carbons (Fsp3) is 1.00. The van der Waals surface area contributed by atoms with E-state index in [1.165, 1.54) is 44.9 Å². The predicted octanol–water partition coefficient (Wildman–Crippen LogP) is 5.80. The minimum Gasteiger partial charge on any atom is -0.393 e. The fourth-order valence-electron chi connectivity index (χ4n) is 9.14. The first-order valence-corrected chi connectivity index (χ1v) is 11.9. The summed E-state index contributed by atoms with van der Waals surface area (Å²) < 4.78 is 0. The minimum atomic E-state index is -0.542. The van der Waals surface area contributed by atoms with Gasteiger partial charge in [-0.3, -0.25) is 0 Å². The van der Waals surface area contributed by atoms with Gasteiger partial charge in [-0.25, -0.2) is 0 Å². The molecule has 0 aliphatic heterocycles. The molecule has 9 atom stereocenters. The SMILES string of the molecule is C[C@H](CC(C)(C)O)C1CCC2C3CCC4CC(O)CCC4(C)C3CCC21C. The summed E-state index contributed by atoms with van der Waals surface area (Å²) in [7, 11) is 0. The van der Waals surface area contributed by atoms with Crippen molar-refractivity contribution in [2.75, 3.05) is 0 Å². The number of fused-ring (bicyclic) bond motifs is 5. The highest BCUT2D eigenvalue weighted by atomic mass is 16.3. The van der Waals surface area contributed by atoms with Crippen LogP contribution >= 0.6 is 0 Å². The molecule has 0 aromatic rings. The predicted molar refractivity (Wildman–Crippen MR) is 111 cm³/mol. The highest BCUT2D eigenvalue weighted by molar-refractivity contribution is 5.09. The molecular formula is C25H44O2. The van der Waals surface area contributed by atoms with Gasteiger partial charge in [0.05, 0.1) is 11.7 Å². The topological polar surface area (TPSA) is 40.5 Å². The third-order valence-electron chi connectivity index (χ3n) is 10.2. The molecule has 0 heterocycles. The molecule has 156 valence electrons. The number of rotatable bonds is 3. The van der Waals surface area contributed by atoms with Crippen LogP contribution in [-0.4, -0.2) is 21.9 Å². The molecule has 8 unspecified atom stereocenters. The molecule has 4 aliphatic carbocycles. The Balaban J connectivity index is 1.54. The molecule has 4 aliphatic rings. The van der Waals surface area contributed by atoms with Crippen LogP contribution in [0.5, 0.6) is 0 Å². The molecule has 2 nitrogen and oxygen atoms in total. The second-order valence-electron chi connectivity index (χ2n) is 12.3. The second-order valence-corrected chi connectivity index (χ2v) is 12.3. The van der Waals surface area contributed by atoms with Gasteiger partial charge in [-0.05, 0) is 124 Å². The van der Waals surface area contributed by atoms with Crippen LogP contribution in [0.3, 0.4) is 0 Å². The Morgan fingerprint density at radius 1 is 0.926 bits per heavy atom. The van der Waals surface area contributed by atoms with Crippen LogP contribution in [0.1, 0.15) is 98.8 Å². The van der Waals surface area contributed by atoms with E-state index < -0.39 is 5.60 Å². The molecule has 2 heteroatoms. The molecular weight excluding hydrogens is 332 g/mol. The van der Waals surface area contributed by atoms with E-state index in [-0.39, 0.29) is 6.10 Å². The van der Waals surface area contributed by atoms with E-state index in [4.69, 9.17) is 0 Å². The van der Waals surface area contributed by atoms with Crippen molar-refractivity contribution in [3.63, 3.8) is 0 Å². The standard InChI is InChI=1S/C25H44O2/c1-16(15-23(2,3)27)20-8-9-21-19-7-6-17-14-18(26)10-12-24(17,4)22(19)11-13-25(20,21)5/h16-22,26-27H,6-15H2,1-5H3/t16-,17?,18?,19?,20?,21?,22?,24?,25?/m1/s1. The van der Waals surface area contributed by atoms with Gasteiger partial charge in [0.1, 0.15) is 0 Å². The zero-order valence-corrected chi connectivity index (χ0v) is 18.5. The van der Waals surface area contributed by atoms with Crippen LogP contribution in [0.25, 0.3) is 0 Å². The summed E-state index contributed by atoms with van der Waals surface area (Å²) in [5.74, 6) is 4.87. The zero-order chi connectivity index (χ0) is 19.6. The highest BCUT2D eigenvalue weighted by Gasteiger charge is 2.60. The maximum Gasteiger partial charge on any atom is 0.0594 e. The molecule has 4 fully saturated rings. The van der Waals surface area contributed by atoms with Crippen molar-refractivity contribution in [1.29, 1.82) is 0 Å². The normalized spacial score (nSPS) is 51.2. The first-order valence-electron chi connectivity index (χ1n) is 11.9. The van der Waals surface area contributed by atoms with Gasteiger partial charge in [0.2, 0.25) is 0 Å². The van der Waals surface area contributed by atoms with Gasteiger partial charge in [0.25, 0.3) is 0 Å². The van der Waals surface area contributed by atoms with E-state index in [0.717, 1.165) is 48.9 Å². The average Bonchev–Trinajstić information content (AvgIpc) is 2.91. The molecule has 27 heavy (non-hydrogen) atoms. The molecule has 0 radical (unpaired) electrons. The summed E-state index contributed by atoms with van der Waals surface area (Å²) in [4.78, 5) is 0. The van der Waals surface area contributed by atoms with Crippen molar-refractivity contribution >= 4 is 0 Å². The van der Waals surface area contributed by atoms with E-state index in [2.05, 4.69) is 20.8 Å². The lowest BCUT2D eigenvalue weighted by Crippen LogP contribution is -2.54. The summed E-state index contributed by atoms with van der Waals surface area (Å²) in [5, 5.41) is 20.6. The monoisotopic (exact) mass is 376 g/mol. The van der Waals surface area contributed by atoms with Crippen molar-refractivity contribution in [3.05, 3.63) is 0 Å². The molecule has 0 aromatic carbocycles. The van der Waals surface area contributed by atoms with Crippen LogP contribution in [0.15, 0.2) is 0 Å². The maximum absolute atomic E-state index is 10.4. The van der Waals surface area contributed by atoms with Crippen molar-refractivity contribution < 1.29 is 10.2 Å². The lowest BCUT2D eigenvalue weighted by molar-refractivity contribution is -0.130. The van der Waals surface area contributed by atoms with Gasteiger partial charge in [-0.15, -0.1) is 0 Å². The van der Waals surface area contributed by atoms with Gasteiger partial charge < -0.3 is 10.2 Å². The summed E-state index contributed by atoms with van der Waals surface area (Å²) >= 11 is 0.